The molecule has 0 saturated carbocycles. The molecule has 76 valence electrons. The van der Waals surface area contributed by atoms with Crippen LogP contribution in [0.25, 0.3) is 0 Å². The van der Waals surface area contributed by atoms with Gasteiger partial charge >= 0.3 is 0 Å². The first-order valence-corrected chi connectivity index (χ1v) is 4.67. The van der Waals surface area contributed by atoms with Gasteiger partial charge in [0, 0.05) is 11.3 Å². The zero-order chi connectivity index (χ0) is 10.1. The van der Waals surface area contributed by atoms with Crippen molar-refractivity contribution in [2.75, 3.05) is 18.9 Å². The van der Waals surface area contributed by atoms with Gasteiger partial charge in [0.1, 0.15) is 6.61 Å². The van der Waals surface area contributed by atoms with Crippen molar-refractivity contribution >= 4 is 5.69 Å². The van der Waals surface area contributed by atoms with E-state index in [-0.39, 0.29) is 6.04 Å². The van der Waals surface area contributed by atoms with E-state index in [1.54, 1.807) is 6.07 Å². The second kappa shape index (κ2) is 3.38. The van der Waals surface area contributed by atoms with Crippen molar-refractivity contribution < 1.29 is 9.47 Å². The first-order valence-electron chi connectivity index (χ1n) is 4.67. The number of rotatable bonds is 2. The molecule has 4 N–H and O–H groups in total. The maximum absolute atomic E-state index is 5.85. The first kappa shape index (κ1) is 9.15. The lowest BCUT2D eigenvalue weighted by molar-refractivity contribution is 0.290. The topological polar surface area (TPSA) is 70.5 Å². The molecule has 4 nitrogen and oxygen atoms in total. The minimum Gasteiger partial charge on any atom is -0.490 e. The molecule has 0 bridgehead atoms. The Morgan fingerprint density at radius 1 is 1.57 bits per heavy atom. The fraction of sp³-hybridized carbons (Fsp3) is 0.400. The minimum atomic E-state index is -0.134. The summed E-state index contributed by atoms with van der Waals surface area (Å²) in [6.45, 7) is 3.01. The van der Waals surface area contributed by atoms with Crippen LogP contribution in [-0.4, -0.2) is 13.2 Å². The fourth-order valence-corrected chi connectivity index (χ4v) is 1.65. The maximum Gasteiger partial charge on any atom is 0.168 e. The number of nitrogen functional groups attached to an aromatic ring is 1. The first-order chi connectivity index (χ1) is 6.74. The number of ether oxygens (including phenoxy) is 2. The highest BCUT2D eigenvalue weighted by Crippen LogP contribution is 2.42. The highest BCUT2D eigenvalue weighted by molar-refractivity contribution is 5.63. The quantitative estimate of drug-likeness (QED) is 0.690. The molecule has 1 aromatic rings. The second-order valence-electron chi connectivity index (χ2n) is 3.25. The molecular formula is C10H14N2O2. The van der Waals surface area contributed by atoms with Gasteiger partial charge in [-0.25, -0.2) is 0 Å². The summed E-state index contributed by atoms with van der Waals surface area (Å²) in [6.07, 6.45) is 0. The van der Waals surface area contributed by atoms with E-state index < -0.39 is 0 Å². The predicted molar refractivity (Wildman–Crippen MR) is 54.4 cm³/mol. The van der Waals surface area contributed by atoms with Gasteiger partial charge in [-0.05, 0) is 19.1 Å². The van der Waals surface area contributed by atoms with Gasteiger partial charge in [-0.15, -0.1) is 0 Å². The number of anilines is 1. The molecule has 0 aromatic heterocycles. The fourth-order valence-electron chi connectivity index (χ4n) is 1.65. The molecule has 2 rings (SSSR count). The van der Waals surface area contributed by atoms with Crippen molar-refractivity contribution in [1.82, 2.24) is 0 Å². The highest BCUT2D eigenvalue weighted by atomic mass is 16.5. The Morgan fingerprint density at radius 2 is 2.36 bits per heavy atom. The molecule has 0 radical (unpaired) electrons. The molecule has 1 aliphatic rings. The smallest absolute Gasteiger partial charge is 0.168 e. The molecule has 0 aliphatic carbocycles. The molecule has 0 spiro atoms. The Morgan fingerprint density at radius 3 is 3.07 bits per heavy atom. The average Bonchev–Trinajstić information content (AvgIpc) is 2.54. The van der Waals surface area contributed by atoms with Gasteiger partial charge in [-0.3, -0.25) is 0 Å². The average molecular weight is 194 g/mol. The Hall–Kier alpha value is -1.42. The van der Waals surface area contributed by atoms with E-state index in [0.717, 1.165) is 11.3 Å². The standard InChI is InChI=1S/C10H14N2O2/c1-2-13-8-4-3-6(11)9-7(12)5-14-10(8)9/h3-4,7H,2,5,11-12H2,1H3/t7-/m0/s1. The number of hydrogen-bond acceptors (Lipinski definition) is 4. The number of benzene rings is 1. The molecule has 14 heavy (non-hydrogen) atoms. The lowest BCUT2D eigenvalue weighted by Crippen LogP contribution is -2.12. The monoisotopic (exact) mass is 194 g/mol. The van der Waals surface area contributed by atoms with E-state index in [0.29, 0.717) is 24.7 Å². The molecule has 0 unspecified atom stereocenters. The lowest BCUT2D eigenvalue weighted by Gasteiger charge is -2.10. The van der Waals surface area contributed by atoms with E-state index in [1.165, 1.54) is 0 Å². The van der Waals surface area contributed by atoms with Gasteiger partial charge in [0.2, 0.25) is 0 Å². The maximum atomic E-state index is 5.85. The van der Waals surface area contributed by atoms with Crippen LogP contribution >= 0.6 is 0 Å². The Labute approximate surface area is 82.8 Å². The van der Waals surface area contributed by atoms with Gasteiger partial charge < -0.3 is 20.9 Å². The van der Waals surface area contributed by atoms with Crippen LogP contribution in [0.2, 0.25) is 0 Å². The van der Waals surface area contributed by atoms with Crippen LogP contribution in [0, 0.1) is 0 Å². The number of hydrogen-bond donors (Lipinski definition) is 2. The Balaban J connectivity index is 2.47. The third-order valence-corrected chi connectivity index (χ3v) is 2.27. The molecule has 0 saturated heterocycles. The summed E-state index contributed by atoms with van der Waals surface area (Å²) in [7, 11) is 0. The largest absolute Gasteiger partial charge is 0.490 e. The van der Waals surface area contributed by atoms with Gasteiger partial charge in [-0.2, -0.15) is 0 Å². The normalized spacial score (nSPS) is 18.9. The zero-order valence-corrected chi connectivity index (χ0v) is 8.12. The number of fused-ring (bicyclic) bond motifs is 1. The summed E-state index contributed by atoms with van der Waals surface area (Å²) in [6, 6.07) is 3.49. The summed E-state index contributed by atoms with van der Waals surface area (Å²) in [5.41, 5.74) is 13.2. The van der Waals surface area contributed by atoms with E-state index in [2.05, 4.69) is 0 Å². The second-order valence-corrected chi connectivity index (χ2v) is 3.25. The van der Waals surface area contributed by atoms with E-state index >= 15 is 0 Å². The van der Waals surface area contributed by atoms with E-state index in [1.807, 2.05) is 13.0 Å². The molecular weight excluding hydrogens is 180 g/mol. The SMILES string of the molecule is CCOc1ccc(N)c2c1OC[C@@H]2N. The van der Waals surface area contributed by atoms with Gasteiger partial charge in [0.05, 0.1) is 12.6 Å². The predicted octanol–water partition coefficient (Wildman–Crippen LogP) is 1.06. The van der Waals surface area contributed by atoms with Crippen LogP contribution in [0.3, 0.4) is 0 Å². The molecule has 1 heterocycles. The van der Waals surface area contributed by atoms with Crippen molar-refractivity contribution in [1.29, 1.82) is 0 Å². The summed E-state index contributed by atoms with van der Waals surface area (Å²) in [4.78, 5) is 0. The lowest BCUT2D eigenvalue weighted by atomic mass is 10.1. The molecule has 4 heteroatoms. The van der Waals surface area contributed by atoms with Crippen LogP contribution in [0.5, 0.6) is 11.5 Å². The van der Waals surface area contributed by atoms with E-state index in [4.69, 9.17) is 20.9 Å². The van der Waals surface area contributed by atoms with E-state index in [9.17, 15) is 0 Å². The Bertz CT molecular complexity index is 352. The summed E-state index contributed by atoms with van der Waals surface area (Å²) >= 11 is 0. The summed E-state index contributed by atoms with van der Waals surface area (Å²) in [5.74, 6) is 1.43. The van der Waals surface area contributed by atoms with Crippen LogP contribution in [-0.2, 0) is 0 Å². The minimum absolute atomic E-state index is 0.134. The van der Waals surface area contributed by atoms with Gasteiger partial charge in [-0.1, -0.05) is 0 Å². The van der Waals surface area contributed by atoms with Crippen LogP contribution in [0.4, 0.5) is 5.69 Å². The van der Waals surface area contributed by atoms with Gasteiger partial charge in [0.15, 0.2) is 11.5 Å². The molecule has 1 aliphatic heterocycles. The number of nitrogens with two attached hydrogens (primary N) is 2. The molecule has 0 amide bonds. The zero-order valence-electron chi connectivity index (χ0n) is 8.12. The molecule has 1 aromatic carbocycles. The van der Waals surface area contributed by atoms with Crippen molar-refractivity contribution in [2.45, 2.75) is 13.0 Å². The van der Waals surface area contributed by atoms with Crippen molar-refractivity contribution in [3.05, 3.63) is 17.7 Å². The summed E-state index contributed by atoms with van der Waals surface area (Å²) < 4.78 is 10.9. The van der Waals surface area contributed by atoms with Crippen molar-refractivity contribution in [3.8, 4) is 11.5 Å². The van der Waals surface area contributed by atoms with Crippen LogP contribution in [0.1, 0.15) is 18.5 Å². The van der Waals surface area contributed by atoms with Crippen LogP contribution in [0.15, 0.2) is 12.1 Å². The summed E-state index contributed by atoms with van der Waals surface area (Å²) in [5, 5.41) is 0. The van der Waals surface area contributed by atoms with Crippen molar-refractivity contribution in [2.24, 2.45) is 5.73 Å². The molecule has 0 fully saturated rings. The van der Waals surface area contributed by atoms with Crippen LogP contribution < -0.4 is 20.9 Å². The third kappa shape index (κ3) is 1.28. The van der Waals surface area contributed by atoms with Crippen molar-refractivity contribution in [3.63, 3.8) is 0 Å². The Kier molecular flexibility index (Phi) is 2.21. The highest BCUT2D eigenvalue weighted by Gasteiger charge is 2.26. The molecule has 1 atom stereocenters. The van der Waals surface area contributed by atoms with Gasteiger partial charge in [0.25, 0.3) is 0 Å². The third-order valence-electron chi connectivity index (χ3n) is 2.27.